The molecule has 3 amide bonds. The highest BCUT2D eigenvalue weighted by Crippen LogP contribution is 2.31. The zero-order valence-electron chi connectivity index (χ0n) is 23.2. The van der Waals surface area contributed by atoms with Crippen molar-refractivity contribution in [1.29, 1.82) is 0 Å². The monoisotopic (exact) mass is 610 g/mol. The van der Waals surface area contributed by atoms with Gasteiger partial charge in [-0.15, -0.1) is 0 Å². The third kappa shape index (κ3) is 6.29. The smallest absolute Gasteiger partial charge is 0.305 e. The number of carbonyl (C=O) groups is 3. The summed E-state index contributed by atoms with van der Waals surface area (Å²) in [5.74, 6) is -0.625. The highest BCUT2D eigenvalue weighted by molar-refractivity contribution is 6.35. The minimum Gasteiger partial charge on any atom is -0.482 e. The van der Waals surface area contributed by atoms with E-state index in [2.05, 4.69) is 27.4 Å². The second-order valence-corrected chi connectivity index (χ2v) is 10.9. The van der Waals surface area contributed by atoms with Crippen LogP contribution in [-0.4, -0.2) is 30.0 Å². The Morgan fingerprint density at radius 2 is 1.83 bits per heavy atom. The van der Waals surface area contributed by atoms with Gasteiger partial charge in [-0.05, 0) is 69.0 Å². The van der Waals surface area contributed by atoms with Crippen molar-refractivity contribution < 1.29 is 28.0 Å². The molecule has 3 N–H and O–H groups in total. The van der Waals surface area contributed by atoms with Crippen LogP contribution < -0.4 is 21.0 Å². The number of nitrogens with one attached hydrogen (secondary N) is 3. The van der Waals surface area contributed by atoms with Gasteiger partial charge in [0.1, 0.15) is 17.1 Å². The number of fused-ring (bicyclic) bond motifs is 2. The average Bonchev–Trinajstić information content (AvgIpc) is 3.51. The van der Waals surface area contributed by atoms with Gasteiger partial charge in [0.15, 0.2) is 12.4 Å². The number of ether oxygens (including phenoxy) is 1. The molecule has 0 fully saturated rings. The van der Waals surface area contributed by atoms with Crippen LogP contribution in [0.4, 0.5) is 0 Å². The summed E-state index contributed by atoms with van der Waals surface area (Å²) in [7, 11) is 0. The number of furan rings is 2. The number of hydrogen-bond acceptors (Lipinski definition) is 7. The number of rotatable bonds is 7. The molecule has 2 aromatic carbocycles. The van der Waals surface area contributed by atoms with Gasteiger partial charge in [-0.1, -0.05) is 29.3 Å². The molecule has 0 saturated heterocycles. The summed E-state index contributed by atoms with van der Waals surface area (Å²) in [6.45, 7) is 5.33. The van der Waals surface area contributed by atoms with Crippen LogP contribution in [0.15, 0.2) is 50.5 Å². The lowest BCUT2D eigenvalue weighted by Gasteiger charge is -2.13. The third-order valence-corrected chi connectivity index (χ3v) is 7.39. The molecule has 5 rings (SSSR count). The fourth-order valence-electron chi connectivity index (χ4n) is 5.05. The second kappa shape index (κ2) is 12.3. The normalized spacial score (nSPS) is 13.6. The molecule has 2 aromatic heterocycles. The maximum atomic E-state index is 12.8. The molecule has 0 radical (unpaired) electrons. The maximum absolute atomic E-state index is 12.8. The van der Waals surface area contributed by atoms with Crippen LogP contribution in [0, 0.1) is 20.8 Å². The Balaban J connectivity index is 1.21. The molecule has 0 bridgehead atoms. The molecule has 10 nitrogen and oxygen atoms in total. The zero-order chi connectivity index (χ0) is 30.0. The standard InChI is InChI=1S/C30H28Cl2N4O6/c1-15-9-16(2)27-18(13-40-24(27)10-15)11-25(37)34-33-21-5-4-6-23-28(21)17(3)29(42-23)30(39)36-35-26(38)14-41-22-8-7-19(31)12-20(22)32/h7-10,12-13H,4-6,11,14H2,1-3H3,(H,34,37)(H,35,38)(H,36,39)/b33-21+. The van der Waals surface area contributed by atoms with E-state index in [1.807, 2.05) is 19.9 Å². The maximum Gasteiger partial charge on any atom is 0.305 e. The van der Waals surface area contributed by atoms with Crippen LogP contribution in [0.3, 0.4) is 0 Å². The number of hydrogen-bond donors (Lipinski definition) is 3. The highest BCUT2D eigenvalue weighted by atomic mass is 35.5. The lowest BCUT2D eigenvalue weighted by molar-refractivity contribution is -0.124. The lowest BCUT2D eigenvalue weighted by atomic mass is 9.93. The van der Waals surface area contributed by atoms with Gasteiger partial charge in [-0.25, -0.2) is 5.43 Å². The number of aryl methyl sites for hydroxylation is 3. The minimum absolute atomic E-state index is 0.0403. The molecule has 0 saturated carbocycles. The van der Waals surface area contributed by atoms with Crippen LogP contribution in [0.5, 0.6) is 5.75 Å². The van der Waals surface area contributed by atoms with E-state index in [4.69, 9.17) is 36.8 Å². The quantitative estimate of drug-likeness (QED) is 0.237. The van der Waals surface area contributed by atoms with Crippen LogP contribution in [-0.2, 0) is 22.4 Å². The molecule has 0 spiro atoms. The summed E-state index contributed by atoms with van der Waals surface area (Å²) >= 11 is 11.9. The minimum atomic E-state index is -0.638. The van der Waals surface area contributed by atoms with Gasteiger partial charge in [-0.3, -0.25) is 25.2 Å². The number of hydrazine groups is 1. The summed E-state index contributed by atoms with van der Waals surface area (Å²) in [6, 6.07) is 8.60. The van der Waals surface area contributed by atoms with E-state index in [1.165, 1.54) is 12.1 Å². The molecular formula is C30H28Cl2N4O6. The number of benzene rings is 2. The molecule has 42 heavy (non-hydrogen) atoms. The summed E-state index contributed by atoms with van der Waals surface area (Å²) in [6.07, 6.45) is 3.65. The van der Waals surface area contributed by atoms with E-state index in [9.17, 15) is 14.4 Å². The Morgan fingerprint density at radius 1 is 1.02 bits per heavy atom. The first-order chi connectivity index (χ1) is 20.1. The molecule has 1 aliphatic carbocycles. The van der Waals surface area contributed by atoms with Crippen molar-refractivity contribution >= 4 is 57.6 Å². The molecule has 218 valence electrons. The number of amides is 3. The first-order valence-electron chi connectivity index (χ1n) is 13.2. The Kier molecular flexibility index (Phi) is 8.56. The van der Waals surface area contributed by atoms with E-state index in [0.717, 1.165) is 34.1 Å². The zero-order valence-corrected chi connectivity index (χ0v) is 24.7. The Bertz CT molecular complexity index is 1740. The van der Waals surface area contributed by atoms with E-state index in [1.54, 1.807) is 19.3 Å². The molecule has 0 atom stereocenters. The van der Waals surface area contributed by atoms with Gasteiger partial charge in [0.05, 0.1) is 23.4 Å². The number of carbonyl (C=O) groups excluding carboxylic acids is 3. The molecule has 2 heterocycles. The SMILES string of the molecule is Cc1cc(C)c2c(CC(=O)N/N=C3\CCCc4oc(C(=O)NNC(=O)COc5ccc(Cl)cc5Cl)c(C)c43)coc2c1. The predicted octanol–water partition coefficient (Wildman–Crippen LogP) is 5.50. The van der Waals surface area contributed by atoms with Gasteiger partial charge in [0.2, 0.25) is 5.91 Å². The Labute approximate surface area is 251 Å². The van der Waals surface area contributed by atoms with Gasteiger partial charge >= 0.3 is 5.91 Å². The van der Waals surface area contributed by atoms with Crippen molar-refractivity contribution in [1.82, 2.24) is 16.3 Å². The number of nitrogens with zero attached hydrogens (tertiary/aromatic N) is 1. The fraction of sp³-hybridized carbons (Fsp3) is 0.267. The topological polar surface area (TPSA) is 135 Å². The summed E-state index contributed by atoms with van der Waals surface area (Å²) < 4.78 is 16.9. The average molecular weight is 611 g/mol. The van der Waals surface area contributed by atoms with Crippen LogP contribution in [0.25, 0.3) is 11.0 Å². The Hall–Kier alpha value is -4.28. The van der Waals surface area contributed by atoms with Crippen LogP contribution in [0.2, 0.25) is 10.0 Å². The van der Waals surface area contributed by atoms with Crippen molar-refractivity contribution in [2.45, 2.75) is 46.5 Å². The van der Waals surface area contributed by atoms with Gasteiger partial charge in [0, 0.05) is 33.5 Å². The molecule has 0 unspecified atom stereocenters. The van der Waals surface area contributed by atoms with Crippen molar-refractivity contribution in [3.8, 4) is 5.75 Å². The van der Waals surface area contributed by atoms with E-state index in [-0.39, 0.29) is 35.5 Å². The number of halogens is 2. The Morgan fingerprint density at radius 3 is 2.62 bits per heavy atom. The van der Waals surface area contributed by atoms with Crippen molar-refractivity contribution in [3.63, 3.8) is 0 Å². The van der Waals surface area contributed by atoms with E-state index in [0.29, 0.717) is 40.5 Å². The molecule has 4 aromatic rings. The molecule has 12 heteroatoms. The van der Waals surface area contributed by atoms with E-state index >= 15 is 0 Å². The molecule has 0 aliphatic heterocycles. The summed E-state index contributed by atoms with van der Waals surface area (Å²) in [4.78, 5) is 37.9. The van der Waals surface area contributed by atoms with Crippen molar-refractivity contribution in [2.24, 2.45) is 5.10 Å². The van der Waals surface area contributed by atoms with Crippen LogP contribution >= 0.6 is 23.2 Å². The highest BCUT2D eigenvalue weighted by Gasteiger charge is 2.28. The first kappa shape index (κ1) is 29.2. The van der Waals surface area contributed by atoms with Gasteiger partial charge in [-0.2, -0.15) is 5.10 Å². The summed E-state index contributed by atoms with van der Waals surface area (Å²) in [5.41, 5.74) is 12.8. The first-order valence-corrected chi connectivity index (χ1v) is 14.0. The van der Waals surface area contributed by atoms with Gasteiger partial charge in [0.25, 0.3) is 5.91 Å². The van der Waals surface area contributed by atoms with Crippen molar-refractivity contribution in [3.05, 3.63) is 86.0 Å². The number of hydrazone groups is 1. The molecule has 1 aliphatic rings. The van der Waals surface area contributed by atoms with Crippen LogP contribution in [0.1, 0.15) is 57.0 Å². The largest absolute Gasteiger partial charge is 0.482 e. The van der Waals surface area contributed by atoms with Crippen molar-refractivity contribution in [2.75, 3.05) is 6.61 Å². The van der Waals surface area contributed by atoms with Gasteiger partial charge < -0.3 is 13.6 Å². The summed E-state index contributed by atoms with van der Waals surface area (Å²) in [5, 5.41) is 6.00. The lowest BCUT2D eigenvalue weighted by Crippen LogP contribution is -2.43. The molecular weight excluding hydrogens is 583 g/mol. The third-order valence-electron chi connectivity index (χ3n) is 6.86. The predicted molar refractivity (Wildman–Crippen MR) is 158 cm³/mol. The van der Waals surface area contributed by atoms with E-state index < -0.39 is 11.8 Å². The fourth-order valence-corrected chi connectivity index (χ4v) is 5.51. The second-order valence-electron chi connectivity index (χ2n) is 10.1.